The molecule has 9 heteroatoms. The van der Waals surface area contributed by atoms with Crippen LogP contribution in [0.25, 0.3) is 0 Å². The number of alkyl halides is 3. The Balaban J connectivity index is 3.29. The first-order chi connectivity index (χ1) is 7.74. The summed E-state index contributed by atoms with van der Waals surface area (Å²) in [6.45, 7) is 0. The summed E-state index contributed by atoms with van der Waals surface area (Å²) in [4.78, 5) is 14.2. The molecule has 0 bridgehead atoms. The maximum absolute atomic E-state index is 12.0. The molecule has 0 aliphatic carbocycles. The van der Waals surface area contributed by atoms with Crippen LogP contribution >= 0.6 is 22.6 Å². The van der Waals surface area contributed by atoms with Gasteiger partial charge >= 0.3 is 12.3 Å². The predicted molar refractivity (Wildman–Crippen MR) is 57.1 cm³/mol. The van der Waals surface area contributed by atoms with Crippen molar-refractivity contribution in [1.82, 2.24) is 4.98 Å². The summed E-state index contributed by atoms with van der Waals surface area (Å²) in [7, 11) is 1.15. The van der Waals surface area contributed by atoms with Crippen LogP contribution in [0, 0.1) is 3.57 Å². The number of aromatic nitrogens is 1. The van der Waals surface area contributed by atoms with Crippen LogP contribution in [0.4, 0.5) is 13.2 Å². The number of nitrogens with zero attached hydrogens (tertiary/aromatic N) is 1. The zero-order valence-corrected chi connectivity index (χ0v) is 10.4. The first-order valence-electron chi connectivity index (χ1n) is 3.98. The van der Waals surface area contributed by atoms with Crippen LogP contribution in [0.15, 0.2) is 6.07 Å². The van der Waals surface area contributed by atoms with Crippen molar-refractivity contribution in [3.8, 4) is 11.8 Å². The first kappa shape index (κ1) is 13.8. The molecule has 0 atom stereocenters. The maximum Gasteiger partial charge on any atom is 0.574 e. The lowest BCUT2D eigenvalue weighted by Gasteiger charge is -2.12. The monoisotopic (exact) mass is 363 g/mol. The lowest BCUT2D eigenvalue weighted by Crippen LogP contribution is -2.19. The van der Waals surface area contributed by atoms with Gasteiger partial charge in [-0.15, -0.1) is 13.2 Å². The quantitative estimate of drug-likeness (QED) is 0.835. The molecule has 0 amide bonds. The van der Waals surface area contributed by atoms with E-state index >= 15 is 0 Å². The van der Waals surface area contributed by atoms with Gasteiger partial charge in [0.2, 0.25) is 11.8 Å². The zero-order valence-electron chi connectivity index (χ0n) is 8.21. The normalized spacial score (nSPS) is 11.1. The SMILES string of the molecule is COc1cc(C(=O)O)c(I)c(OC(F)(F)F)n1. The number of hydrogen-bond acceptors (Lipinski definition) is 4. The highest BCUT2D eigenvalue weighted by molar-refractivity contribution is 14.1. The fourth-order valence-corrected chi connectivity index (χ4v) is 1.54. The van der Waals surface area contributed by atoms with Gasteiger partial charge in [-0.05, 0) is 22.6 Å². The number of aromatic carboxylic acids is 1. The van der Waals surface area contributed by atoms with Crippen LogP contribution in [0.3, 0.4) is 0 Å². The van der Waals surface area contributed by atoms with Gasteiger partial charge in [-0.25, -0.2) is 4.79 Å². The Kier molecular flexibility index (Phi) is 4.01. The van der Waals surface area contributed by atoms with Crippen molar-refractivity contribution in [3.63, 3.8) is 0 Å². The second-order valence-electron chi connectivity index (χ2n) is 2.68. The molecule has 0 aromatic carbocycles. The maximum atomic E-state index is 12.0. The molecule has 0 aliphatic heterocycles. The molecule has 1 aromatic heterocycles. The topological polar surface area (TPSA) is 68.7 Å². The van der Waals surface area contributed by atoms with Crippen molar-refractivity contribution >= 4 is 28.6 Å². The molecule has 0 fully saturated rings. The van der Waals surface area contributed by atoms with E-state index in [1.807, 2.05) is 0 Å². The number of ether oxygens (including phenoxy) is 2. The summed E-state index contributed by atoms with van der Waals surface area (Å²) in [6.07, 6.45) is -4.95. The molecule has 1 aromatic rings. The van der Waals surface area contributed by atoms with Gasteiger partial charge < -0.3 is 14.6 Å². The van der Waals surface area contributed by atoms with E-state index in [1.165, 1.54) is 22.6 Å². The van der Waals surface area contributed by atoms with Crippen LogP contribution in [0.1, 0.15) is 10.4 Å². The molecular weight excluding hydrogens is 358 g/mol. The molecule has 94 valence electrons. The first-order valence-corrected chi connectivity index (χ1v) is 5.06. The van der Waals surface area contributed by atoms with Crippen LogP contribution in [-0.2, 0) is 0 Å². The summed E-state index contributed by atoms with van der Waals surface area (Å²) >= 11 is 1.41. The Bertz CT molecular complexity index is 449. The van der Waals surface area contributed by atoms with Crippen LogP contribution < -0.4 is 9.47 Å². The largest absolute Gasteiger partial charge is 0.574 e. The molecule has 1 heterocycles. The fourth-order valence-electron chi connectivity index (χ4n) is 0.921. The summed E-state index contributed by atoms with van der Waals surface area (Å²) in [5.74, 6) is -2.53. The summed E-state index contributed by atoms with van der Waals surface area (Å²) in [5, 5.41) is 8.78. The van der Waals surface area contributed by atoms with Crippen LogP contribution in [0.5, 0.6) is 11.8 Å². The highest BCUT2D eigenvalue weighted by atomic mass is 127. The van der Waals surface area contributed by atoms with Gasteiger partial charge in [-0.1, -0.05) is 0 Å². The minimum absolute atomic E-state index is 0.256. The highest BCUT2D eigenvalue weighted by Crippen LogP contribution is 2.30. The number of carbonyl (C=O) groups is 1. The Labute approximate surface area is 107 Å². The lowest BCUT2D eigenvalue weighted by molar-refractivity contribution is -0.276. The molecule has 0 aliphatic rings. The van der Waals surface area contributed by atoms with Crippen LogP contribution in [0.2, 0.25) is 0 Å². The number of methoxy groups -OCH3 is 1. The molecule has 1 rings (SSSR count). The van der Waals surface area contributed by atoms with Gasteiger partial charge in [-0.2, -0.15) is 4.98 Å². The standard InChI is InChI=1S/C8H5F3INO4/c1-16-4-2-3(7(14)15)5(12)6(13-4)17-8(9,10)11/h2H,1H3,(H,14,15). The summed E-state index contributed by atoms with van der Waals surface area (Å²) in [5.41, 5.74) is -0.378. The third-order valence-corrected chi connectivity index (χ3v) is 2.60. The highest BCUT2D eigenvalue weighted by Gasteiger charge is 2.34. The second-order valence-corrected chi connectivity index (χ2v) is 3.76. The number of rotatable bonds is 3. The Morgan fingerprint density at radius 3 is 2.53 bits per heavy atom. The van der Waals surface area contributed by atoms with Crippen molar-refractivity contribution in [3.05, 3.63) is 15.2 Å². The Morgan fingerprint density at radius 1 is 1.53 bits per heavy atom. The lowest BCUT2D eigenvalue weighted by atomic mass is 10.2. The molecule has 0 saturated heterocycles. The van der Waals surface area contributed by atoms with E-state index in [0.29, 0.717) is 0 Å². The van der Waals surface area contributed by atoms with E-state index < -0.39 is 18.2 Å². The van der Waals surface area contributed by atoms with E-state index in [4.69, 9.17) is 5.11 Å². The van der Waals surface area contributed by atoms with Gasteiger partial charge in [0, 0.05) is 6.07 Å². The smallest absolute Gasteiger partial charge is 0.481 e. The van der Waals surface area contributed by atoms with Gasteiger partial charge in [0.1, 0.15) is 0 Å². The molecule has 0 saturated carbocycles. The third-order valence-electron chi connectivity index (χ3n) is 1.56. The minimum atomic E-state index is -4.95. The predicted octanol–water partition coefficient (Wildman–Crippen LogP) is 2.29. The number of hydrogen-bond donors (Lipinski definition) is 1. The van der Waals surface area contributed by atoms with Gasteiger partial charge in [0.15, 0.2) is 0 Å². The van der Waals surface area contributed by atoms with Crippen LogP contribution in [-0.4, -0.2) is 29.5 Å². The minimum Gasteiger partial charge on any atom is -0.481 e. The summed E-state index contributed by atoms with van der Waals surface area (Å²) < 4.78 is 44.0. The number of carboxylic acid groups (broad SMARTS) is 1. The van der Waals surface area contributed by atoms with Crippen molar-refractivity contribution in [2.75, 3.05) is 7.11 Å². The van der Waals surface area contributed by atoms with Gasteiger partial charge in [0.05, 0.1) is 16.2 Å². The average molecular weight is 363 g/mol. The van der Waals surface area contributed by atoms with E-state index in [2.05, 4.69) is 14.5 Å². The third kappa shape index (κ3) is 3.61. The number of halogens is 4. The van der Waals surface area contributed by atoms with Crippen molar-refractivity contribution in [1.29, 1.82) is 0 Å². The molecule has 0 unspecified atom stereocenters. The van der Waals surface area contributed by atoms with E-state index in [0.717, 1.165) is 13.2 Å². The van der Waals surface area contributed by atoms with E-state index in [-0.39, 0.29) is 15.0 Å². The molecule has 0 radical (unpaired) electrons. The van der Waals surface area contributed by atoms with Gasteiger partial charge in [0.25, 0.3) is 0 Å². The van der Waals surface area contributed by atoms with Crippen molar-refractivity contribution in [2.24, 2.45) is 0 Å². The van der Waals surface area contributed by atoms with Crippen molar-refractivity contribution in [2.45, 2.75) is 6.36 Å². The molecule has 1 N–H and O–H groups in total. The zero-order chi connectivity index (χ0) is 13.2. The fraction of sp³-hybridized carbons (Fsp3) is 0.250. The average Bonchev–Trinajstić information content (AvgIpc) is 2.18. The molecular formula is C8H5F3INO4. The van der Waals surface area contributed by atoms with Gasteiger partial charge in [-0.3, -0.25) is 0 Å². The van der Waals surface area contributed by atoms with E-state index in [9.17, 15) is 18.0 Å². The molecule has 17 heavy (non-hydrogen) atoms. The Morgan fingerprint density at radius 2 is 2.12 bits per heavy atom. The molecule has 0 spiro atoms. The second kappa shape index (κ2) is 4.94. The number of pyridine rings is 1. The Hall–Kier alpha value is -1.26. The van der Waals surface area contributed by atoms with Crippen molar-refractivity contribution < 1.29 is 32.5 Å². The molecule has 5 nitrogen and oxygen atoms in total. The van der Waals surface area contributed by atoms with E-state index in [1.54, 1.807) is 0 Å². The summed E-state index contributed by atoms with van der Waals surface area (Å²) in [6, 6.07) is 1.01. The number of carboxylic acids is 1.